The predicted molar refractivity (Wildman–Crippen MR) is 182 cm³/mol. The molecule has 0 aliphatic heterocycles. The molecule has 0 spiro atoms. The van der Waals surface area contributed by atoms with E-state index in [0.717, 1.165) is 33.8 Å². The number of carbonyl (C=O) groups is 2. The molecule has 242 valence electrons. The molecular weight excluding hydrogens is 598 g/mol. The van der Waals surface area contributed by atoms with Gasteiger partial charge in [-0.25, -0.2) is 8.42 Å². The zero-order chi connectivity index (χ0) is 32.9. The molecule has 0 aliphatic rings. The largest absolute Gasteiger partial charge is 0.494 e. The van der Waals surface area contributed by atoms with Crippen LogP contribution in [0.3, 0.4) is 0 Å². The van der Waals surface area contributed by atoms with Crippen LogP contribution in [0.4, 0.5) is 5.69 Å². The van der Waals surface area contributed by atoms with Crippen LogP contribution in [0.5, 0.6) is 5.75 Å². The molecule has 1 atom stereocenters. The lowest BCUT2D eigenvalue weighted by Crippen LogP contribution is -2.53. The van der Waals surface area contributed by atoms with Gasteiger partial charge in [-0.2, -0.15) is 0 Å². The average molecular weight is 642 g/mol. The Morgan fingerprint density at radius 3 is 2.11 bits per heavy atom. The summed E-state index contributed by atoms with van der Waals surface area (Å²) in [5.74, 6) is -0.226. The van der Waals surface area contributed by atoms with Gasteiger partial charge in [0.2, 0.25) is 11.8 Å². The molecule has 4 aromatic carbocycles. The Morgan fingerprint density at radius 2 is 1.48 bits per heavy atom. The van der Waals surface area contributed by atoms with Gasteiger partial charge in [0.25, 0.3) is 10.0 Å². The molecule has 0 aliphatic carbocycles. The van der Waals surface area contributed by atoms with Crippen LogP contribution >= 0.6 is 0 Å². The first kappa shape index (κ1) is 34.2. The summed E-state index contributed by atoms with van der Waals surface area (Å²) >= 11 is 0. The van der Waals surface area contributed by atoms with Crippen molar-refractivity contribution in [3.63, 3.8) is 0 Å². The molecule has 46 heavy (non-hydrogen) atoms. The summed E-state index contributed by atoms with van der Waals surface area (Å²) in [5.41, 5.74) is 3.09. The minimum absolute atomic E-state index is 0.0241. The van der Waals surface area contributed by atoms with Gasteiger partial charge in [-0.3, -0.25) is 13.9 Å². The number of hydrogen-bond acceptors (Lipinski definition) is 5. The Bertz CT molecular complexity index is 1660. The molecule has 1 N–H and O–H groups in total. The van der Waals surface area contributed by atoms with Crippen LogP contribution in [0, 0.1) is 6.92 Å². The minimum Gasteiger partial charge on any atom is -0.494 e. The summed E-state index contributed by atoms with van der Waals surface area (Å²) in [5, 5.41) is 3.02. The number of rotatable bonds is 16. The molecule has 0 heterocycles. The van der Waals surface area contributed by atoms with Crippen LogP contribution in [-0.4, -0.2) is 50.9 Å². The number of hydrogen-bond donors (Lipinski definition) is 1. The van der Waals surface area contributed by atoms with E-state index in [1.165, 1.54) is 17.0 Å². The Labute approximate surface area is 273 Å². The highest BCUT2D eigenvalue weighted by Crippen LogP contribution is 2.26. The molecular formula is C37H43N3O5S. The average Bonchev–Trinajstić information content (AvgIpc) is 3.06. The smallest absolute Gasteiger partial charge is 0.264 e. The standard InChI is InChI=1S/C37H43N3O5S/c1-4-6-24-38-37(42)35(26-30-15-9-7-10-16-30)39(27-31-17-13-14-29(3)25-31)36(41)28-40(32-18-11-8-12-19-32)46(43,44)34-22-20-33(21-23-34)45-5-2/h7-23,25,35H,4-6,24,26-28H2,1-3H3,(H,38,42). The first-order chi connectivity index (χ1) is 22.2. The third kappa shape index (κ3) is 9.20. The zero-order valence-corrected chi connectivity index (χ0v) is 27.6. The van der Waals surface area contributed by atoms with Gasteiger partial charge in [-0.05, 0) is 67.8 Å². The second-order valence-electron chi connectivity index (χ2n) is 11.1. The molecule has 0 fully saturated rings. The highest BCUT2D eigenvalue weighted by Gasteiger charge is 2.34. The maximum atomic E-state index is 14.5. The summed E-state index contributed by atoms with van der Waals surface area (Å²) in [4.78, 5) is 29.9. The fourth-order valence-corrected chi connectivity index (χ4v) is 6.61. The van der Waals surface area contributed by atoms with Crippen LogP contribution in [0.2, 0.25) is 0 Å². The number of benzene rings is 4. The molecule has 9 heteroatoms. The van der Waals surface area contributed by atoms with E-state index in [2.05, 4.69) is 5.32 Å². The van der Waals surface area contributed by atoms with Crippen LogP contribution in [0.1, 0.15) is 43.4 Å². The van der Waals surface area contributed by atoms with E-state index in [0.29, 0.717) is 24.6 Å². The number of amides is 2. The molecule has 0 bridgehead atoms. The number of unbranched alkanes of at least 4 members (excludes halogenated alkanes) is 1. The van der Waals surface area contributed by atoms with E-state index in [1.807, 2.05) is 75.4 Å². The van der Waals surface area contributed by atoms with E-state index in [-0.39, 0.29) is 23.8 Å². The van der Waals surface area contributed by atoms with Crippen LogP contribution in [-0.2, 0) is 32.6 Å². The van der Waals surface area contributed by atoms with Crippen molar-refractivity contribution in [2.24, 2.45) is 0 Å². The second-order valence-corrected chi connectivity index (χ2v) is 13.0. The van der Waals surface area contributed by atoms with Crippen molar-refractivity contribution >= 4 is 27.5 Å². The molecule has 0 aromatic heterocycles. The highest BCUT2D eigenvalue weighted by molar-refractivity contribution is 7.92. The number of aryl methyl sites for hydroxylation is 1. The topological polar surface area (TPSA) is 96.0 Å². The highest BCUT2D eigenvalue weighted by atomic mass is 32.2. The van der Waals surface area contributed by atoms with Gasteiger partial charge in [-0.1, -0.05) is 91.7 Å². The summed E-state index contributed by atoms with van der Waals surface area (Å²) in [6.07, 6.45) is 1.98. The minimum atomic E-state index is -4.19. The predicted octanol–water partition coefficient (Wildman–Crippen LogP) is 6.15. The molecule has 4 rings (SSSR count). The second kappa shape index (κ2) is 16.6. The fourth-order valence-electron chi connectivity index (χ4n) is 5.19. The number of para-hydroxylation sites is 1. The van der Waals surface area contributed by atoms with Gasteiger partial charge in [0.15, 0.2) is 0 Å². The lowest BCUT2D eigenvalue weighted by Gasteiger charge is -2.34. The molecule has 2 amide bonds. The Hall–Kier alpha value is -4.63. The van der Waals surface area contributed by atoms with Crippen molar-refractivity contribution < 1.29 is 22.7 Å². The number of ether oxygens (including phenoxy) is 1. The SMILES string of the molecule is CCCCNC(=O)C(Cc1ccccc1)N(Cc1cccc(C)c1)C(=O)CN(c1ccccc1)S(=O)(=O)c1ccc(OCC)cc1. The third-order valence-electron chi connectivity index (χ3n) is 7.58. The maximum Gasteiger partial charge on any atom is 0.264 e. The van der Waals surface area contributed by atoms with Crippen LogP contribution in [0.25, 0.3) is 0 Å². The Kier molecular flexibility index (Phi) is 12.4. The van der Waals surface area contributed by atoms with Crippen molar-refractivity contribution in [1.82, 2.24) is 10.2 Å². The number of anilines is 1. The fraction of sp³-hybridized carbons (Fsp3) is 0.297. The number of sulfonamides is 1. The van der Waals surface area contributed by atoms with E-state index in [1.54, 1.807) is 42.5 Å². The van der Waals surface area contributed by atoms with Crippen molar-refractivity contribution in [2.75, 3.05) is 24.0 Å². The number of nitrogens with one attached hydrogen (secondary N) is 1. The summed E-state index contributed by atoms with van der Waals surface area (Å²) in [7, 11) is -4.19. The molecule has 1 unspecified atom stereocenters. The molecule has 0 saturated carbocycles. The van der Waals surface area contributed by atoms with Gasteiger partial charge in [-0.15, -0.1) is 0 Å². The van der Waals surface area contributed by atoms with E-state index >= 15 is 0 Å². The molecule has 4 aromatic rings. The molecule has 0 radical (unpaired) electrons. The lowest BCUT2D eigenvalue weighted by molar-refractivity contribution is -0.140. The first-order valence-electron chi connectivity index (χ1n) is 15.7. The zero-order valence-electron chi connectivity index (χ0n) is 26.8. The van der Waals surface area contributed by atoms with Gasteiger partial charge in [0, 0.05) is 19.5 Å². The Morgan fingerprint density at radius 1 is 0.826 bits per heavy atom. The Balaban J connectivity index is 1.76. The van der Waals surface area contributed by atoms with Crippen molar-refractivity contribution in [3.8, 4) is 5.75 Å². The quantitative estimate of drug-likeness (QED) is 0.148. The number of nitrogens with zero attached hydrogens (tertiary/aromatic N) is 2. The number of carbonyl (C=O) groups excluding carboxylic acids is 2. The van der Waals surface area contributed by atoms with Crippen molar-refractivity contribution in [1.29, 1.82) is 0 Å². The van der Waals surface area contributed by atoms with E-state index < -0.39 is 28.5 Å². The van der Waals surface area contributed by atoms with E-state index in [9.17, 15) is 18.0 Å². The monoisotopic (exact) mass is 641 g/mol. The summed E-state index contributed by atoms with van der Waals surface area (Å²) in [6, 6.07) is 31.1. The van der Waals surface area contributed by atoms with Crippen molar-refractivity contribution in [3.05, 3.63) is 126 Å². The summed E-state index contributed by atoms with van der Waals surface area (Å²) < 4.78 is 35.0. The van der Waals surface area contributed by atoms with Gasteiger partial charge < -0.3 is 15.0 Å². The maximum absolute atomic E-state index is 14.5. The lowest BCUT2D eigenvalue weighted by atomic mass is 10.0. The van der Waals surface area contributed by atoms with Crippen LogP contribution < -0.4 is 14.4 Å². The van der Waals surface area contributed by atoms with Gasteiger partial charge >= 0.3 is 0 Å². The van der Waals surface area contributed by atoms with E-state index in [4.69, 9.17) is 4.74 Å². The first-order valence-corrected chi connectivity index (χ1v) is 17.1. The van der Waals surface area contributed by atoms with Gasteiger partial charge in [0.05, 0.1) is 17.2 Å². The third-order valence-corrected chi connectivity index (χ3v) is 9.37. The van der Waals surface area contributed by atoms with Crippen molar-refractivity contribution in [2.45, 2.75) is 57.5 Å². The molecule has 0 saturated heterocycles. The normalized spacial score (nSPS) is 11.8. The summed E-state index contributed by atoms with van der Waals surface area (Å²) in [6.45, 7) is 6.42. The van der Waals surface area contributed by atoms with Gasteiger partial charge in [0.1, 0.15) is 18.3 Å². The van der Waals surface area contributed by atoms with Crippen LogP contribution in [0.15, 0.2) is 114 Å². The molecule has 8 nitrogen and oxygen atoms in total.